The number of methoxy groups -OCH3 is 1. The number of nitrogens with zero attached hydrogens (tertiary/aromatic N) is 3. The van der Waals surface area contributed by atoms with Gasteiger partial charge in [0.1, 0.15) is 12.6 Å². The van der Waals surface area contributed by atoms with Crippen LogP contribution in [0.4, 0.5) is 9.59 Å². The second-order valence-corrected chi connectivity index (χ2v) is 7.95. The van der Waals surface area contributed by atoms with Gasteiger partial charge < -0.3 is 19.1 Å². The van der Waals surface area contributed by atoms with Crippen LogP contribution in [0.1, 0.15) is 19.4 Å². The number of likely N-dealkylation sites (N-methyl/N-ethyl adjacent to an activating group) is 1. The highest BCUT2D eigenvalue weighted by Gasteiger charge is 2.57. The fraction of sp³-hybridized carbons (Fsp3) is 0.571. The molecule has 0 unspecified atom stereocenters. The fourth-order valence-corrected chi connectivity index (χ4v) is 3.94. The molecule has 1 aromatic carbocycles. The first-order valence-corrected chi connectivity index (χ1v) is 10.0. The molecule has 0 N–H and O–H groups in total. The van der Waals surface area contributed by atoms with Crippen molar-refractivity contribution in [2.24, 2.45) is 5.92 Å². The van der Waals surface area contributed by atoms with E-state index >= 15 is 0 Å². The Labute approximate surface area is 176 Å². The Kier molecular flexibility index (Phi) is 6.50. The number of ether oxygens (including phenoxy) is 3. The third-order valence-electron chi connectivity index (χ3n) is 5.54. The highest BCUT2D eigenvalue weighted by atomic mass is 16.6. The molecule has 2 saturated heterocycles. The van der Waals surface area contributed by atoms with Crippen molar-refractivity contribution < 1.29 is 28.6 Å². The van der Waals surface area contributed by atoms with E-state index in [1.54, 1.807) is 11.9 Å². The Morgan fingerprint density at radius 2 is 1.87 bits per heavy atom. The molecule has 2 aliphatic heterocycles. The zero-order chi connectivity index (χ0) is 21.9. The Bertz CT molecular complexity index is 778. The number of hydrogen-bond acceptors (Lipinski definition) is 6. The molecule has 9 heteroatoms. The van der Waals surface area contributed by atoms with Crippen LogP contribution in [0.25, 0.3) is 0 Å². The van der Waals surface area contributed by atoms with Crippen LogP contribution >= 0.6 is 0 Å². The van der Waals surface area contributed by atoms with Gasteiger partial charge >= 0.3 is 18.1 Å². The number of rotatable bonds is 5. The maximum Gasteiger partial charge on any atom is 0.410 e. The van der Waals surface area contributed by atoms with Crippen LogP contribution in [0.15, 0.2) is 30.3 Å². The minimum atomic E-state index is -0.880. The van der Waals surface area contributed by atoms with Crippen molar-refractivity contribution in [3.8, 4) is 0 Å². The zero-order valence-corrected chi connectivity index (χ0v) is 17.9. The number of carbonyl (C=O) groups is 3. The summed E-state index contributed by atoms with van der Waals surface area (Å²) in [5.41, 5.74) is 0.0218. The SMILES string of the molecule is COC(=O)[C@H](C(C)C)N(C)C(=O)N1CCOC12CN(C(=O)OCc1ccccc1)C2. The molecule has 1 spiro atoms. The molecule has 0 aliphatic carbocycles. The van der Waals surface area contributed by atoms with E-state index in [1.807, 2.05) is 44.2 Å². The first-order chi connectivity index (χ1) is 14.3. The van der Waals surface area contributed by atoms with E-state index in [-0.39, 0.29) is 31.6 Å². The number of urea groups is 1. The lowest BCUT2D eigenvalue weighted by Gasteiger charge is -2.50. The second kappa shape index (κ2) is 8.91. The van der Waals surface area contributed by atoms with Crippen molar-refractivity contribution >= 4 is 18.1 Å². The predicted octanol–water partition coefficient (Wildman–Crippen LogP) is 1.92. The van der Waals surface area contributed by atoms with Gasteiger partial charge in [-0.2, -0.15) is 0 Å². The molecule has 9 nitrogen and oxygen atoms in total. The standard InChI is InChI=1S/C21H29N3O6/c1-15(2)17(18(25)28-4)22(3)19(26)24-10-11-30-21(24)13-23(14-21)20(27)29-12-16-8-6-5-7-9-16/h5-9,15,17H,10-14H2,1-4H3/t17-/m0/s1. The van der Waals surface area contributed by atoms with Gasteiger partial charge in [0.2, 0.25) is 0 Å². The summed E-state index contributed by atoms with van der Waals surface area (Å²) in [5.74, 6) is -0.577. The van der Waals surface area contributed by atoms with Crippen molar-refractivity contribution in [2.75, 3.05) is 40.4 Å². The van der Waals surface area contributed by atoms with Gasteiger partial charge in [0, 0.05) is 13.6 Å². The van der Waals surface area contributed by atoms with E-state index in [0.717, 1.165) is 5.56 Å². The quantitative estimate of drug-likeness (QED) is 0.678. The van der Waals surface area contributed by atoms with Gasteiger partial charge in [-0.25, -0.2) is 14.4 Å². The number of amides is 3. The Balaban J connectivity index is 1.60. The fourth-order valence-electron chi connectivity index (χ4n) is 3.94. The highest BCUT2D eigenvalue weighted by Crippen LogP contribution is 2.35. The monoisotopic (exact) mass is 419 g/mol. The van der Waals surface area contributed by atoms with Crippen molar-refractivity contribution in [3.05, 3.63) is 35.9 Å². The minimum Gasteiger partial charge on any atom is -0.467 e. The second-order valence-electron chi connectivity index (χ2n) is 7.95. The third-order valence-corrected chi connectivity index (χ3v) is 5.54. The van der Waals surface area contributed by atoms with Crippen molar-refractivity contribution in [1.82, 2.24) is 14.7 Å². The smallest absolute Gasteiger partial charge is 0.410 e. The molecule has 0 bridgehead atoms. The lowest BCUT2D eigenvalue weighted by atomic mass is 10.0. The summed E-state index contributed by atoms with van der Waals surface area (Å²) < 4.78 is 16.1. The van der Waals surface area contributed by atoms with E-state index in [1.165, 1.54) is 16.9 Å². The van der Waals surface area contributed by atoms with Crippen molar-refractivity contribution in [1.29, 1.82) is 0 Å². The molecule has 2 heterocycles. The summed E-state index contributed by atoms with van der Waals surface area (Å²) in [6.07, 6.45) is -0.449. The first kappa shape index (κ1) is 21.9. The third kappa shape index (κ3) is 4.21. The molecular formula is C21H29N3O6. The van der Waals surface area contributed by atoms with Crippen LogP contribution in [0.5, 0.6) is 0 Å². The van der Waals surface area contributed by atoms with E-state index in [4.69, 9.17) is 14.2 Å². The number of benzene rings is 1. The Morgan fingerprint density at radius 1 is 1.20 bits per heavy atom. The summed E-state index contributed by atoms with van der Waals surface area (Å²) in [6, 6.07) is 8.40. The Hall–Kier alpha value is -2.81. The molecule has 0 aromatic heterocycles. The molecule has 1 atom stereocenters. The Morgan fingerprint density at radius 3 is 2.47 bits per heavy atom. The molecular weight excluding hydrogens is 390 g/mol. The van der Waals surface area contributed by atoms with Gasteiger partial charge in [0.05, 0.1) is 26.8 Å². The molecule has 0 radical (unpaired) electrons. The van der Waals surface area contributed by atoms with E-state index in [0.29, 0.717) is 13.2 Å². The molecule has 164 valence electrons. The van der Waals surface area contributed by atoms with Crippen molar-refractivity contribution in [3.63, 3.8) is 0 Å². The molecule has 1 aromatic rings. The van der Waals surface area contributed by atoms with Gasteiger partial charge in [-0.1, -0.05) is 44.2 Å². The van der Waals surface area contributed by atoms with Gasteiger partial charge in [-0.15, -0.1) is 0 Å². The van der Waals surface area contributed by atoms with Gasteiger partial charge in [0.15, 0.2) is 5.72 Å². The maximum atomic E-state index is 13.1. The highest BCUT2D eigenvalue weighted by molar-refractivity contribution is 5.84. The van der Waals surface area contributed by atoms with Crippen LogP contribution < -0.4 is 0 Å². The van der Waals surface area contributed by atoms with Gasteiger partial charge in [0.25, 0.3) is 0 Å². The van der Waals surface area contributed by atoms with Crippen LogP contribution in [0.3, 0.4) is 0 Å². The van der Waals surface area contributed by atoms with Gasteiger partial charge in [-0.3, -0.25) is 9.80 Å². The first-order valence-electron chi connectivity index (χ1n) is 10.0. The summed E-state index contributed by atoms with van der Waals surface area (Å²) >= 11 is 0. The molecule has 2 aliphatic rings. The summed E-state index contributed by atoms with van der Waals surface area (Å²) in [6.45, 7) is 5.12. The van der Waals surface area contributed by atoms with E-state index in [2.05, 4.69) is 0 Å². The normalized spacial score (nSPS) is 18.2. The average molecular weight is 419 g/mol. The molecule has 3 rings (SSSR count). The molecule has 30 heavy (non-hydrogen) atoms. The number of carbonyl (C=O) groups excluding carboxylic acids is 3. The average Bonchev–Trinajstić information content (AvgIpc) is 3.16. The zero-order valence-electron chi connectivity index (χ0n) is 17.9. The summed E-state index contributed by atoms with van der Waals surface area (Å²) in [4.78, 5) is 42.1. The van der Waals surface area contributed by atoms with Crippen LogP contribution in [0, 0.1) is 5.92 Å². The maximum absolute atomic E-state index is 13.1. The molecule has 2 fully saturated rings. The van der Waals surface area contributed by atoms with Gasteiger partial charge in [-0.05, 0) is 11.5 Å². The van der Waals surface area contributed by atoms with Crippen molar-refractivity contribution in [2.45, 2.75) is 32.2 Å². The summed E-state index contributed by atoms with van der Waals surface area (Å²) in [5, 5.41) is 0. The number of likely N-dealkylation sites (tertiary alicyclic amines) is 1. The largest absolute Gasteiger partial charge is 0.467 e. The van der Waals surface area contributed by atoms with Crippen LogP contribution in [-0.4, -0.2) is 85.0 Å². The topological polar surface area (TPSA) is 88.6 Å². The van der Waals surface area contributed by atoms with Crippen LogP contribution in [0.2, 0.25) is 0 Å². The number of esters is 1. The predicted molar refractivity (Wildman–Crippen MR) is 107 cm³/mol. The van der Waals surface area contributed by atoms with E-state index < -0.39 is 23.8 Å². The lowest BCUT2D eigenvalue weighted by Crippen LogP contribution is -2.72. The van der Waals surface area contributed by atoms with E-state index in [9.17, 15) is 14.4 Å². The number of hydrogen-bond donors (Lipinski definition) is 0. The minimum absolute atomic E-state index is 0.114. The molecule has 3 amide bonds. The van der Waals surface area contributed by atoms with Crippen LogP contribution in [-0.2, 0) is 25.6 Å². The summed E-state index contributed by atoms with van der Waals surface area (Å²) in [7, 11) is 2.89. The molecule has 0 saturated carbocycles. The lowest BCUT2D eigenvalue weighted by molar-refractivity contribution is -0.160.